The van der Waals surface area contributed by atoms with Gasteiger partial charge in [-0.3, -0.25) is 4.79 Å². The fraction of sp³-hybridized carbons (Fsp3) is 0.333. The van der Waals surface area contributed by atoms with Crippen molar-refractivity contribution < 1.29 is 13.9 Å². The van der Waals surface area contributed by atoms with Gasteiger partial charge >= 0.3 is 5.97 Å². The molecule has 0 amide bonds. The standard InChI is InChI=1S/C15H17FN2O2S/c1-3-18(13-7-5-4-6-12(13)16)15-17-11(10-21-15)8-9-14(19)20-2/h4-7,10H,3,8-9H2,1-2H3. The Morgan fingerprint density at radius 2 is 2.19 bits per heavy atom. The summed E-state index contributed by atoms with van der Waals surface area (Å²) in [5, 5.41) is 2.62. The van der Waals surface area contributed by atoms with Gasteiger partial charge < -0.3 is 9.64 Å². The molecule has 0 saturated carbocycles. The number of ether oxygens (including phenoxy) is 1. The molecule has 0 unspecified atom stereocenters. The van der Waals surface area contributed by atoms with Crippen LogP contribution in [0, 0.1) is 5.82 Å². The molecule has 1 aromatic carbocycles. The molecule has 6 heteroatoms. The van der Waals surface area contributed by atoms with Crippen LogP contribution in [0.3, 0.4) is 0 Å². The number of carbonyl (C=O) groups excluding carboxylic acids is 1. The van der Waals surface area contributed by atoms with Crippen molar-refractivity contribution in [1.82, 2.24) is 4.98 Å². The van der Waals surface area contributed by atoms with Crippen LogP contribution in [-0.4, -0.2) is 24.6 Å². The van der Waals surface area contributed by atoms with Crippen molar-refractivity contribution in [3.8, 4) is 0 Å². The average Bonchev–Trinajstić information content (AvgIpc) is 2.96. The van der Waals surface area contributed by atoms with E-state index in [9.17, 15) is 9.18 Å². The molecule has 1 heterocycles. The zero-order valence-electron chi connectivity index (χ0n) is 12.0. The molecule has 0 N–H and O–H groups in total. The second kappa shape index (κ2) is 7.17. The second-order valence-corrected chi connectivity index (χ2v) is 5.23. The number of carbonyl (C=O) groups is 1. The minimum atomic E-state index is -0.273. The molecule has 4 nitrogen and oxygen atoms in total. The van der Waals surface area contributed by atoms with Crippen LogP contribution in [0.5, 0.6) is 0 Å². The van der Waals surface area contributed by atoms with E-state index >= 15 is 0 Å². The average molecular weight is 308 g/mol. The second-order valence-electron chi connectivity index (χ2n) is 4.39. The molecule has 0 aliphatic carbocycles. The molecule has 0 bridgehead atoms. The number of thiazole rings is 1. The predicted molar refractivity (Wildman–Crippen MR) is 81.5 cm³/mol. The Hall–Kier alpha value is -1.95. The first-order valence-electron chi connectivity index (χ1n) is 6.69. The van der Waals surface area contributed by atoms with Crippen molar-refractivity contribution in [2.24, 2.45) is 0 Å². The van der Waals surface area contributed by atoms with Gasteiger partial charge in [0, 0.05) is 18.3 Å². The number of hydrogen-bond acceptors (Lipinski definition) is 5. The Bertz CT molecular complexity index is 615. The van der Waals surface area contributed by atoms with Gasteiger partial charge in [-0.1, -0.05) is 12.1 Å². The van der Waals surface area contributed by atoms with Crippen LogP contribution in [0.2, 0.25) is 0 Å². The number of aromatic nitrogens is 1. The Kier molecular flexibility index (Phi) is 5.27. The first kappa shape index (κ1) is 15.4. The molecule has 1 aromatic heterocycles. The largest absolute Gasteiger partial charge is 0.469 e. The third kappa shape index (κ3) is 3.78. The van der Waals surface area contributed by atoms with E-state index in [1.54, 1.807) is 18.2 Å². The quantitative estimate of drug-likeness (QED) is 0.765. The summed E-state index contributed by atoms with van der Waals surface area (Å²) < 4.78 is 18.5. The number of rotatable bonds is 6. The van der Waals surface area contributed by atoms with Gasteiger partial charge in [-0.25, -0.2) is 9.37 Å². The number of halogens is 1. The number of anilines is 2. The van der Waals surface area contributed by atoms with Crippen LogP contribution in [0.4, 0.5) is 15.2 Å². The zero-order valence-corrected chi connectivity index (χ0v) is 12.8. The molecule has 0 fully saturated rings. The van der Waals surface area contributed by atoms with Crippen LogP contribution in [0.25, 0.3) is 0 Å². The number of aryl methyl sites for hydroxylation is 1. The molecule has 2 rings (SSSR count). The first-order valence-corrected chi connectivity index (χ1v) is 7.57. The van der Waals surface area contributed by atoms with Gasteiger partial charge in [0.15, 0.2) is 5.13 Å². The summed E-state index contributed by atoms with van der Waals surface area (Å²) in [5.41, 5.74) is 1.32. The van der Waals surface area contributed by atoms with E-state index in [0.29, 0.717) is 25.1 Å². The monoisotopic (exact) mass is 308 g/mol. The molecular weight excluding hydrogens is 291 g/mol. The minimum Gasteiger partial charge on any atom is -0.469 e. The van der Waals surface area contributed by atoms with Gasteiger partial charge in [-0.05, 0) is 19.1 Å². The zero-order chi connectivity index (χ0) is 15.2. The molecular formula is C15H17FN2O2S. The van der Waals surface area contributed by atoms with Gasteiger partial charge in [0.1, 0.15) is 5.82 Å². The Labute approximate surface area is 127 Å². The third-order valence-corrected chi connectivity index (χ3v) is 3.96. The van der Waals surface area contributed by atoms with Crippen molar-refractivity contribution in [2.75, 3.05) is 18.6 Å². The smallest absolute Gasteiger partial charge is 0.305 e. The number of methoxy groups -OCH3 is 1. The fourth-order valence-corrected chi connectivity index (χ4v) is 2.88. The highest BCUT2D eigenvalue weighted by Gasteiger charge is 2.15. The summed E-state index contributed by atoms with van der Waals surface area (Å²) in [7, 11) is 1.37. The number of benzene rings is 1. The Morgan fingerprint density at radius 3 is 2.86 bits per heavy atom. The summed E-state index contributed by atoms with van der Waals surface area (Å²) in [5.74, 6) is -0.531. The van der Waals surface area contributed by atoms with Crippen LogP contribution < -0.4 is 4.90 Å². The van der Waals surface area contributed by atoms with Crippen LogP contribution in [0.1, 0.15) is 19.0 Å². The van der Waals surface area contributed by atoms with Crippen molar-refractivity contribution in [1.29, 1.82) is 0 Å². The molecule has 112 valence electrons. The predicted octanol–water partition coefficient (Wildman–Crippen LogP) is 3.55. The SMILES string of the molecule is CCN(c1nc(CCC(=O)OC)cs1)c1ccccc1F. The highest BCUT2D eigenvalue weighted by molar-refractivity contribution is 7.13. The summed E-state index contributed by atoms with van der Waals surface area (Å²) in [6.45, 7) is 2.56. The normalized spacial score (nSPS) is 10.4. The van der Waals surface area contributed by atoms with Crippen LogP contribution >= 0.6 is 11.3 Å². The maximum Gasteiger partial charge on any atom is 0.305 e. The number of esters is 1. The van der Waals surface area contributed by atoms with Gasteiger partial charge in [0.05, 0.1) is 24.9 Å². The third-order valence-electron chi connectivity index (χ3n) is 3.04. The van der Waals surface area contributed by atoms with E-state index in [2.05, 4.69) is 9.72 Å². The molecule has 0 atom stereocenters. The summed E-state index contributed by atoms with van der Waals surface area (Å²) in [4.78, 5) is 17.4. The molecule has 2 aromatic rings. The van der Waals surface area contributed by atoms with E-state index < -0.39 is 0 Å². The molecule has 0 spiro atoms. The maximum atomic E-state index is 13.9. The summed E-state index contributed by atoms with van der Waals surface area (Å²) in [6, 6.07) is 6.63. The number of para-hydroxylation sites is 1. The van der Waals surface area contributed by atoms with Gasteiger partial charge in [-0.15, -0.1) is 11.3 Å². The van der Waals surface area contributed by atoms with E-state index in [-0.39, 0.29) is 11.8 Å². The minimum absolute atomic E-state index is 0.258. The van der Waals surface area contributed by atoms with Crippen molar-refractivity contribution in [2.45, 2.75) is 19.8 Å². The van der Waals surface area contributed by atoms with Crippen molar-refractivity contribution in [3.63, 3.8) is 0 Å². The van der Waals surface area contributed by atoms with E-state index in [1.807, 2.05) is 17.2 Å². The number of nitrogens with zero attached hydrogens (tertiary/aromatic N) is 2. The maximum absolute atomic E-state index is 13.9. The lowest BCUT2D eigenvalue weighted by Gasteiger charge is -2.20. The lowest BCUT2D eigenvalue weighted by Crippen LogP contribution is -2.17. The molecule has 21 heavy (non-hydrogen) atoms. The number of hydrogen-bond donors (Lipinski definition) is 0. The molecule has 0 radical (unpaired) electrons. The van der Waals surface area contributed by atoms with Gasteiger partial charge in [0.2, 0.25) is 0 Å². The lowest BCUT2D eigenvalue weighted by molar-refractivity contribution is -0.140. The molecule has 0 aliphatic rings. The van der Waals surface area contributed by atoms with E-state index in [4.69, 9.17) is 0 Å². The first-order chi connectivity index (χ1) is 10.2. The highest BCUT2D eigenvalue weighted by Crippen LogP contribution is 2.30. The molecule has 0 aliphatic heterocycles. The van der Waals surface area contributed by atoms with Crippen LogP contribution in [-0.2, 0) is 16.0 Å². The van der Waals surface area contributed by atoms with E-state index in [0.717, 1.165) is 10.8 Å². The van der Waals surface area contributed by atoms with Crippen molar-refractivity contribution in [3.05, 3.63) is 41.2 Å². The van der Waals surface area contributed by atoms with Crippen molar-refractivity contribution >= 4 is 28.1 Å². The Balaban J connectivity index is 2.15. The van der Waals surface area contributed by atoms with Crippen LogP contribution in [0.15, 0.2) is 29.6 Å². The highest BCUT2D eigenvalue weighted by atomic mass is 32.1. The fourth-order valence-electron chi connectivity index (χ4n) is 1.95. The van der Waals surface area contributed by atoms with E-state index in [1.165, 1.54) is 24.5 Å². The van der Waals surface area contributed by atoms with Gasteiger partial charge in [-0.2, -0.15) is 0 Å². The summed E-state index contributed by atoms with van der Waals surface area (Å²) >= 11 is 1.44. The lowest BCUT2D eigenvalue weighted by atomic mass is 10.2. The summed E-state index contributed by atoms with van der Waals surface area (Å²) in [6.07, 6.45) is 0.823. The Morgan fingerprint density at radius 1 is 1.43 bits per heavy atom. The van der Waals surface area contributed by atoms with Gasteiger partial charge in [0.25, 0.3) is 0 Å². The topological polar surface area (TPSA) is 42.4 Å². The molecule has 0 saturated heterocycles.